The molecule has 0 atom stereocenters. The van der Waals surface area contributed by atoms with Crippen LogP contribution in [0.1, 0.15) is 65.2 Å². The lowest BCUT2D eigenvalue weighted by Gasteiger charge is -2.21. The van der Waals surface area contributed by atoms with E-state index in [1.165, 1.54) is 27.8 Å². The molecule has 1 aliphatic carbocycles. The predicted molar refractivity (Wildman–Crippen MR) is 99.2 cm³/mol. The van der Waals surface area contributed by atoms with Gasteiger partial charge in [-0.1, -0.05) is 84.0 Å². The van der Waals surface area contributed by atoms with Crippen LogP contribution in [0.25, 0.3) is 6.08 Å². The SMILES string of the molecule is C/C=C\C(=C/C1=Cc2ccc(C(C)(C)C)cc2C1)C(C)(C)C. The van der Waals surface area contributed by atoms with Crippen molar-refractivity contribution in [2.75, 3.05) is 0 Å². The molecule has 0 aromatic heterocycles. The number of benzene rings is 1. The van der Waals surface area contributed by atoms with Gasteiger partial charge in [0.15, 0.2) is 0 Å². The summed E-state index contributed by atoms with van der Waals surface area (Å²) in [5, 5.41) is 0. The van der Waals surface area contributed by atoms with Crippen LogP contribution in [0.15, 0.2) is 47.6 Å². The first kappa shape index (κ1) is 16.8. The molecule has 0 spiro atoms. The molecule has 0 radical (unpaired) electrons. The number of rotatable bonds is 2. The van der Waals surface area contributed by atoms with Gasteiger partial charge in [-0.15, -0.1) is 0 Å². The van der Waals surface area contributed by atoms with Crippen LogP contribution in [0.5, 0.6) is 0 Å². The first-order valence-electron chi connectivity index (χ1n) is 8.30. The van der Waals surface area contributed by atoms with Gasteiger partial charge in [-0.25, -0.2) is 0 Å². The maximum atomic E-state index is 2.39. The average molecular weight is 294 g/mol. The molecule has 2 rings (SSSR count). The Morgan fingerprint density at radius 3 is 2.27 bits per heavy atom. The number of hydrogen-bond donors (Lipinski definition) is 0. The normalized spacial score (nSPS) is 16.1. The molecule has 0 unspecified atom stereocenters. The predicted octanol–water partition coefficient (Wildman–Crippen LogP) is 6.47. The van der Waals surface area contributed by atoms with Gasteiger partial charge in [0.1, 0.15) is 0 Å². The third kappa shape index (κ3) is 3.80. The summed E-state index contributed by atoms with van der Waals surface area (Å²) in [5.74, 6) is 0. The zero-order valence-corrected chi connectivity index (χ0v) is 15.2. The smallest absolute Gasteiger partial charge is 0.00194 e. The fourth-order valence-corrected chi connectivity index (χ4v) is 2.82. The molecule has 22 heavy (non-hydrogen) atoms. The molecule has 0 heterocycles. The van der Waals surface area contributed by atoms with E-state index in [1.807, 2.05) is 0 Å². The van der Waals surface area contributed by atoms with Gasteiger partial charge in [-0.3, -0.25) is 0 Å². The molecule has 0 fully saturated rings. The molecule has 0 saturated carbocycles. The van der Waals surface area contributed by atoms with E-state index in [0.717, 1.165) is 6.42 Å². The standard InChI is InChI=1S/C22H30/c1-8-9-19(21(2,3)4)14-16-12-17-10-11-20(22(5,6)7)15-18(17)13-16/h8-12,14-15H,13H2,1-7H3/b9-8-,19-14+. The Morgan fingerprint density at radius 1 is 1.05 bits per heavy atom. The highest BCUT2D eigenvalue weighted by Crippen LogP contribution is 2.34. The Hall–Kier alpha value is -1.56. The molecular weight excluding hydrogens is 264 g/mol. The molecule has 0 bridgehead atoms. The summed E-state index contributed by atoms with van der Waals surface area (Å²) in [6.45, 7) is 15.8. The molecule has 0 N–H and O–H groups in total. The van der Waals surface area contributed by atoms with E-state index in [4.69, 9.17) is 0 Å². The Kier molecular flexibility index (Phi) is 4.52. The van der Waals surface area contributed by atoms with Crippen molar-refractivity contribution in [2.45, 2.75) is 60.3 Å². The molecule has 0 aliphatic heterocycles. The maximum absolute atomic E-state index is 2.39. The third-order valence-electron chi connectivity index (χ3n) is 4.30. The third-order valence-corrected chi connectivity index (χ3v) is 4.30. The second-order valence-electron chi connectivity index (χ2n) is 8.41. The van der Waals surface area contributed by atoms with Crippen molar-refractivity contribution in [3.63, 3.8) is 0 Å². The quantitative estimate of drug-likeness (QED) is 0.548. The summed E-state index contributed by atoms with van der Waals surface area (Å²) >= 11 is 0. The van der Waals surface area contributed by atoms with E-state index in [2.05, 4.69) is 91.0 Å². The highest BCUT2D eigenvalue weighted by atomic mass is 14.2. The minimum absolute atomic E-state index is 0.179. The lowest BCUT2D eigenvalue weighted by molar-refractivity contribution is 0.516. The van der Waals surface area contributed by atoms with Crippen molar-refractivity contribution in [3.05, 3.63) is 64.3 Å². The minimum Gasteiger partial charge on any atom is -0.0874 e. The second-order valence-corrected chi connectivity index (χ2v) is 8.41. The van der Waals surface area contributed by atoms with Gasteiger partial charge in [0.25, 0.3) is 0 Å². The van der Waals surface area contributed by atoms with E-state index in [0.29, 0.717) is 0 Å². The summed E-state index contributed by atoms with van der Waals surface area (Å²) < 4.78 is 0. The Morgan fingerprint density at radius 2 is 1.73 bits per heavy atom. The molecule has 118 valence electrons. The average Bonchev–Trinajstić information content (AvgIpc) is 2.77. The van der Waals surface area contributed by atoms with Gasteiger partial charge in [-0.2, -0.15) is 0 Å². The summed E-state index contributed by atoms with van der Waals surface area (Å²) in [4.78, 5) is 0. The monoisotopic (exact) mass is 294 g/mol. The zero-order valence-electron chi connectivity index (χ0n) is 15.2. The molecule has 1 aliphatic rings. The summed E-state index contributed by atoms with van der Waals surface area (Å²) in [6, 6.07) is 6.95. The maximum Gasteiger partial charge on any atom is -0.00194 e. The molecule has 1 aromatic rings. The van der Waals surface area contributed by atoms with Gasteiger partial charge in [0.2, 0.25) is 0 Å². The van der Waals surface area contributed by atoms with E-state index in [9.17, 15) is 0 Å². The van der Waals surface area contributed by atoms with E-state index >= 15 is 0 Å². The number of hydrogen-bond acceptors (Lipinski definition) is 0. The molecule has 1 aromatic carbocycles. The van der Waals surface area contributed by atoms with Crippen LogP contribution in [-0.2, 0) is 11.8 Å². The van der Waals surface area contributed by atoms with Crippen molar-refractivity contribution in [2.24, 2.45) is 5.41 Å². The van der Waals surface area contributed by atoms with Gasteiger partial charge < -0.3 is 0 Å². The van der Waals surface area contributed by atoms with E-state index in [1.54, 1.807) is 0 Å². The Labute approximate surface area is 136 Å². The molecule has 0 saturated heterocycles. The fraction of sp³-hybridized carbons (Fsp3) is 0.455. The minimum atomic E-state index is 0.179. The highest BCUT2D eigenvalue weighted by molar-refractivity contribution is 5.67. The molecule has 0 heteroatoms. The number of fused-ring (bicyclic) bond motifs is 1. The first-order valence-corrected chi connectivity index (χ1v) is 8.30. The van der Waals surface area contributed by atoms with E-state index in [-0.39, 0.29) is 10.8 Å². The van der Waals surface area contributed by atoms with Crippen LogP contribution in [0.4, 0.5) is 0 Å². The van der Waals surface area contributed by atoms with Crippen LogP contribution in [0.3, 0.4) is 0 Å². The largest absolute Gasteiger partial charge is 0.0874 e. The second kappa shape index (κ2) is 5.91. The highest BCUT2D eigenvalue weighted by Gasteiger charge is 2.20. The van der Waals surface area contributed by atoms with E-state index < -0.39 is 0 Å². The van der Waals surface area contributed by atoms with Gasteiger partial charge in [-0.05, 0) is 52.0 Å². The Balaban J connectivity index is 2.31. The molecule has 0 amide bonds. The van der Waals surface area contributed by atoms with Crippen LogP contribution >= 0.6 is 0 Å². The van der Waals surface area contributed by atoms with Crippen LogP contribution in [0.2, 0.25) is 0 Å². The van der Waals surface area contributed by atoms with Crippen LogP contribution in [-0.4, -0.2) is 0 Å². The summed E-state index contributed by atoms with van der Waals surface area (Å²) in [6.07, 6.45) is 10.1. The lowest BCUT2D eigenvalue weighted by atomic mass is 9.84. The van der Waals surface area contributed by atoms with Gasteiger partial charge in [0, 0.05) is 0 Å². The number of allylic oxidation sites excluding steroid dienone is 5. The van der Waals surface area contributed by atoms with Gasteiger partial charge >= 0.3 is 0 Å². The Bertz CT molecular complexity index is 638. The topological polar surface area (TPSA) is 0 Å². The van der Waals surface area contributed by atoms with Crippen LogP contribution in [0, 0.1) is 5.41 Å². The van der Waals surface area contributed by atoms with Crippen molar-refractivity contribution >= 4 is 6.08 Å². The van der Waals surface area contributed by atoms with Gasteiger partial charge in [0.05, 0.1) is 0 Å². The fourth-order valence-electron chi connectivity index (χ4n) is 2.82. The summed E-state index contributed by atoms with van der Waals surface area (Å²) in [5.41, 5.74) is 7.48. The van der Waals surface area contributed by atoms with Crippen molar-refractivity contribution in [1.29, 1.82) is 0 Å². The zero-order chi connectivity index (χ0) is 16.5. The summed E-state index contributed by atoms with van der Waals surface area (Å²) in [7, 11) is 0. The molecular formula is C22H30. The van der Waals surface area contributed by atoms with Crippen molar-refractivity contribution in [3.8, 4) is 0 Å². The molecule has 0 nitrogen and oxygen atoms in total. The van der Waals surface area contributed by atoms with Crippen LogP contribution < -0.4 is 0 Å². The lowest BCUT2D eigenvalue weighted by Crippen LogP contribution is -2.11. The first-order chi connectivity index (χ1) is 10.1. The van der Waals surface area contributed by atoms with Crippen molar-refractivity contribution in [1.82, 2.24) is 0 Å². The van der Waals surface area contributed by atoms with Crippen molar-refractivity contribution < 1.29 is 0 Å².